The zero-order chi connectivity index (χ0) is 17.8. The Balaban J connectivity index is 1.67. The zero-order valence-corrected chi connectivity index (χ0v) is 15.4. The van der Waals surface area contributed by atoms with Crippen LogP contribution in [0, 0.1) is 6.92 Å². The van der Waals surface area contributed by atoms with Crippen LogP contribution in [-0.4, -0.2) is 64.6 Å². The van der Waals surface area contributed by atoms with E-state index in [1.807, 2.05) is 26.0 Å². The molecule has 0 spiro atoms. The smallest absolute Gasteiger partial charge is 0.258 e. The SMILES string of the molecule is CCOCCN1CCN(Cc2cc(=O)n3cccc(C)c3n2)CC1C. The van der Waals surface area contributed by atoms with Crippen molar-refractivity contribution >= 4 is 5.65 Å². The van der Waals surface area contributed by atoms with E-state index >= 15 is 0 Å². The first-order valence-electron chi connectivity index (χ1n) is 9.10. The first-order chi connectivity index (χ1) is 12.1. The Hall–Kier alpha value is -1.76. The third kappa shape index (κ3) is 4.26. The van der Waals surface area contributed by atoms with E-state index in [4.69, 9.17) is 9.72 Å². The zero-order valence-electron chi connectivity index (χ0n) is 15.4. The van der Waals surface area contributed by atoms with Crippen molar-refractivity contribution in [2.24, 2.45) is 0 Å². The van der Waals surface area contributed by atoms with Crippen molar-refractivity contribution in [2.45, 2.75) is 33.4 Å². The quantitative estimate of drug-likeness (QED) is 0.744. The van der Waals surface area contributed by atoms with Gasteiger partial charge in [0.1, 0.15) is 5.65 Å². The number of aryl methyl sites for hydroxylation is 1. The number of rotatable bonds is 6. The monoisotopic (exact) mass is 344 g/mol. The van der Waals surface area contributed by atoms with Crippen molar-refractivity contribution in [3.63, 3.8) is 0 Å². The standard InChI is InChI=1S/C19H28N4O2/c1-4-25-11-10-22-9-8-21(13-16(22)3)14-17-12-18(24)23-7-5-6-15(2)19(23)20-17/h5-7,12,16H,4,8-11,13-14H2,1-3H3. The molecule has 0 saturated carbocycles. The summed E-state index contributed by atoms with van der Waals surface area (Å²) in [5.74, 6) is 0. The normalized spacial score (nSPS) is 19.6. The molecule has 0 radical (unpaired) electrons. The molecule has 25 heavy (non-hydrogen) atoms. The summed E-state index contributed by atoms with van der Waals surface area (Å²) in [6.45, 7) is 12.6. The highest BCUT2D eigenvalue weighted by molar-refractivity contribution is 5.46. The summed E-state index contributed by atoms with van der Waals surface area (Å²) < 4.78 is 7.09. The first-order valence-corrected chi connectivity index (χ1v) is 9.10. The highest BCUT2D eigenvalue weighted by Gasteiger charge is 2.23. The minimum atomic E-state index is -0.00732. The molecular formula is C19H28N4O2. The fourth-order valence-corrected chi connectivity index (χ4v) is 3.49. The highest BCUT2D eigenvalue weighted by atomic mass is 16.5. The molecule has 0 amide bonds. The molecule has 6 nitrogen and oxygen atoms in total. The lowest BCUT2D eigenvalue weighted by molar-refractivity contribution is 0.0462. The predicted molar refractivity (Wildman–Crippen MR) is 99.0 cm³/mol. The van der Waals surface area contributed by atoms with Gasteiger partial charge in [-0.25, -0.2) is 4.98 Å². The Labute approximate surface area is 149 Å². The van der Waals surface area contributed by atoms with Crippen LogP contribution in [0.5, 0.6) is 0 Å². The summed E-state index contributed by atoms with van der Waals surface area (Å²) in [5, 5.41) is 0. The van der Waals surface area contributed by atoms with E-state index in [1.165, 1.54) is 0 Å². The van der Waals surface area contributed by atoms with E-state index in [9.17, 15) is 4.79 Å². The fourth-order valence-electron chi connectivity index (χ4n) is 3.49. The van der Waals surface area contributed by atoms with Gasteiger partial charge < -0.3 is 4.74 Å². The number of ether oxygens (including phenoxy) is 1. The van der Waals surface area contributed by atoms with Gasteiger partial charge in [0, 0.05) is 57.6 Å². The van der Waals surface area contributed by atoms with E-state index in [0.717, 1.165) is 62.8 Å². The van der Waals surface area contributed by atoms with Gasteiger partial charge in [-0.15, -0.1) is 0 Å². The van der Waals surface area contributed by atoms with E-state index in [1.54, 1.807) is 16.7 Å². The number of piperazine rings is 1. The second-order valence-corrected chi connectivity index (χ2v) is 6.79. The summed E-state index contributed by atoms with van der Waals surface area (Å²) in [4.78, 5) is 21.9. The molecule has 3 heterocycles. The largest absolute Gasteiger partial charge is 0.380 e. The lowest BCUT2D eigenvalue weighted by atomic mass is 10.2. The predicted octanol–water partition coefficient (Wildman–Crippen LogP) is 1.55. The van der Waals surface area contributed by atoms with Crippen molar-refractivity contribution in [3.8, 4) is 0 Å². The Kier molecular flexibility index (Phi) is 5.83. The van der Waals surface area contributed by atoms with Crippen LogP contribution in [-0.2, 0) is 11.3 Å². The van der Waals surface area contributed by atoms with E-state index < -0.39 is 0 Å². The van der Waals surface area contributed by atoms with Crippen LogP contribution in [0.15, 0.2) is 29.2 Å². The van der Waals surface area contributed by atoms with Gasteiger partial charge in [-0.05, 0) is 32.4 Å². The van der Waals surface area contributed by atoms with E-state index in [-0.39, 0.29) is 5.56 Å². The van der Waals surface area contributed by atoms with Crippen LogP contribution in [0.25, 0.3) is 5.65 Å². The third-order valence-electron chi connectivity index (χ3n) is 4.90. The molecule has 0 N–H and O–H groups in total. The molecule has 1 aliphatic rings. The molecule has 1 atom stereocenters. The first kappa shape index (κ1) is 18.0. The second-order valence-electron chi connectivity index (χ2n) is 6.79. The topological polar surface area (TPSA) is 50.1 Å². The van der Waals surface area contributed by atoms with Crippen LogP contribution in [0.2, 0.25) is 0 Å². The molecule has 0 aliphatic carbocycles. The van der Waals surface area contributed by atoms with Gasteiger partial charge in [0.2, 0.25) is 0 Å². The van der Waals surface area contributed by atoms with Crippen molar-refractivity contribution in [3.05, 3.63) is 46.0 Å². The molecule has 1 aliphatic heterocycles. The average Bonchev–Trinajstić information content (AvgIpc) is 2.58. The molecule has 2 aromatic heterocycles. The number of nitrogens with zero attached hydrogens (tertiary/aromatic N) is 4. The van der Waals surface area contributed by atoms with Crippen molar-refractivity contribution in [2.75, 3.05) is 39.4 Å². The van der Waals surface area contributed by atoms with Gasteiger partial charge >= 0.3 is 0 Å². The molecular weight excluding hydrogens is 316 g/mol. The van der Waals surface area contributed by atoms with Crippen LogP contribution >= 0.6 is 0 Å². The molecule has 3 rings (SSSR count). The van der Waals surface area contributed by atoms with Gasteiger partial charge in [-0.2, -0.15) is 0 Å². The van der Waals surface area contributed by atoms with Crippen molar-refractivity contribution in [1.82, 2.24) is 19.2 Å². The van der Waals surface area contributed by atoms with E-state index in [2.05, 4.69) is 16.7 Å². The van der Waals surface area contributed by atoms with Crippen LogP contribution in [0.3, 0.4) is 0 Å². The fraction of sp³-hybridized carbons (Fsp3) is 0.579. The van der Waals surface area contributed by atoms with Crippen molar-refractivity contribution in [1.29, 1.82) is 0 Å². The lowest BCUT2D eigenvalue weighted by Crippen LogP contribution is -2.52. The maximum absolute atomic E-state index is 12.3. The molecule has 2 aromatic rings. The molecule has 0 bridgehead atoms. The maximum Gasteiger partial charge on any atom is 0.258 e. The van der Waals surface area contributed by atoms with Crippen LogP contribution in [0.1, 0.15) is 25.1 Å². The Bertz CT molecular complexity index is 774. The number of hydrogen-bond donors (Lipinski definition) is 0. The average molecular weight is 344 g/mol. The van der Waals surface area contributed by atoms with Gasteiger partial charge in [0.15, 0.2) is 0 Å². The van der Waals surface area contributed by atoms with Gasteiger partial charge in [-0.3, -0.25) is 19.0 Å². The van der Waals surface area contributed by atoms with E-state index in [0.29, 0.717) is 6.04 Å². The van der Waals surface area contributed by atoms with Crippen LogP contribution < -0.4 is 5.56 Å². The minimum Gasteiger partial charge on any atom is -0.380 e. The summed E-state index contributed by atoms with van der Waals surface area (Å²) in [6, 6.07) is 6.02. The van der Waals surface area contributed by atoms with Gasteiger partial charge in [0.25, 0.3) is 5.56 Å². The summed E-state index contributed by atoms with van der Waals surface area (Å²) in [5.41, 5.74) is 2.63. The van der Waals surface area contributed by atoms with Gasteiger partial charge in [-0.1, -0.05) is 6.07 Å². The van der Waals surface area contributed by atoms with Crippen LogP contribution in [0.4, 0.5) is 0 Å². The number of pyridine rings is 1. The maximum atomic E-state index is 12.3. The molecule has 1 fully saturated rings. The third-order valence-corrected chi connectivity index (χ3v) is 4.90. The Morgan fingerprint density at radius 3 is 2.96 bits per heavy atom. The molecule has 6 heteroatoms. The lowest BCUT2D eigenvalue weighted by Gasteiger charge is -2.39. The van der Waals surface area contributed by atoms with Gasteiger partial charge in [0.05, 0.1) is 12.3 Å². The number of hydrogen-bond acceptors (Lipinski definition) is 5. The molecule has 0 aromatic carbocycles. The molecule has 136 valence electrons. The molecule has 1 unspecified atom stereocenters. The van der Waals surface area contributed by atoms with Crippen molar-refractivity contribution < 1.29 is 4.74 Å². The number of fused-ring (bicyclic) bond motifs is 1. The Morgan fingerprint density at radius 1 is 1.36 bits per heavy atom. The summed E-state index contributed by atoms with van der Waals surface area (Å²) in [6.07, 6.45) is 1.78. The number of aromatic nitrogens is 2. The highest BCUT2D eigenvalue weighted by Crippen LogP contribution is 2.13. The Morgan fingerprint density at radius 2 is 2.20 bits per heavy atom. The summed E-state index contributed by atoms with van der Waals surface area (Å²) in [7, 11) is 0. The second kappa shape index (κ2) is 8.08. The molecule has 1 saturated heterocycles. The summed E-state index contributed by atoms with van der Waals surface area (Å²) >= 11 is 0. The minimum absolute atomic E-state index is 0.00732.